The third-order valence-corrected chi connectivity index (χ3v) is 6.22. The molecule has 31 heavy (non-hydrogen) atoms. The Bertz CT molecular complexity index is 985. The van der Waals surface area contributed by atoms with Crippen molar-refractivity contribution in [3.8, 4) is 11.5 Å². The molecule has 1 unspecified atom stereocenters. The van der Waals surface area contributed by atoms with Gasteiger partial charge in [-0.3, -0.25) is 4.79 Å². The lowest BCUT2D eigenvalue weighted by Crippen LogP contribution is -2.19. The number of rotatable bonds is 8. The highest BCUT2D eigenvalue weighted by atomic mass is 32.1. The Balaban J connectivity index is 1.65. The van der Waals surface area contributed by atoms with Crippen molar-refractivity contribution in [3.05, 3.63) is 39.8 Å². The second-order valence-corrected chi connectivity index (χ2v) is 8.32. The molecule has 0 aliphatic heterocycles. The topological polar surface area (TPSA) is 95.5 Å². The van der Waals surface area contributed by atoms with Gasteiger partial charge in [0.25, 0.3) is 5.91 Å². The molecule has 1 heterocycles. The molecule has 9 heteroatoms. The Kier molecular flexibility index (Phi) is 7.51. The molecular weight excluding hydrogens is 420 g/mol. The SMILES string of the molecule is COC(=O)c1c(NC(=O)CO/N=C/c2cc(OC)ccc2OC)sc2c1CCC(C)C2. The van der Waals surface area contributed by atoms with Gasteiger partial charge >= 0.3 is 5.97 Å². The first-order valence-electron chi connectivity index (χ1n) is 9.86. The van der Waals surface area contributed by atoms with Crippen LogP contribution in [-0.2, 0) is 27.2 Å². The number of fused-ring (bicyclic) bond motifs is 1. The Morgan fingerprint density at radius 2 is 2.06 bits per heavy atom. The lowest BCUT2D eigenvalue weighted by atomic mass is 9.88. The summed E-state index contributed by atoms with van der Waals surface area (Å²) in [7, 11) is 4.46. The quantitative estimate of drug-likeness (QED) is 0.378. The summed E-state index contributed by atoms with van der Waals surface area (Å²) in [5.74, 6) is 0.939. The van der Waals surface area contributed by atoms with Gasteiger partial charge < -0.3 is 24.4 Å². The van der Waals surface area contributed by atoms with Gasteiger partial charge in [-0.2, -0.15) is 0 Å². The molecule has 1 atom stereocenters. The summed E-state index contributed by atoms with van der Waals surface area (Å²) in [6, 6.07) is 5.26. The van der Waals surface area contributed by atoms with Crippen molar-refractivity contribution in [2.45, 2.75) is 26.2 Å². The van der Waals surface area contributed by atoms with Crippen LogP contribution in [0.1, 0.15) is 39.7 Å². The molecule has 0 fully saturated rings. The third kappa shape index (κ3) is 5.35. The van der Waals surface area contributed by atoms with E-state index < -0.39 is 11.9 Å². The second kappa shape index (κ2) is 10.3. The molecule has 3 rings (SSSR count). The van der Waals surface area contributed by atoms with E-state index in [4.69, 9.17) is 19.0 Å². The van der Waals surface area contributed by atoms with Crippen LogP contribution in [0.4, 0.5) is 5.00 Å². The summed E-state index contributed by atoms with van der Waals surface area (Å²) in [6.07, 6.45) is 4.14. The minimum Gasteiger partial charge on any atom is -0.497 e. The maximum Gasteiger partial charge on any atom is 0.341 e. The number of hydrogen-bond acceptors (Lipinski definition) is 8. The predicted octanol–water partition coefficient (Wildman–Crippen LogP) is 3.67. The van der Waals surface area contributed by atoms with E-state index in [1.165, 1.54) is 24.7 Å². The normalized spacial score (nSPS) is 15.3. The monoisotopic (exact) mass is 446 g/mol. The molecule has 0 radical (unpaired) electrons. The highest BCUT2D eigenvalue weighted by Crippen LogP contribution is 2.40. The van der Waals surface area contributed by atoms with Crippen molar-refractivity contribution in [2.75, 3.05) is 33.3 Å². The Morgan fingerprint density at radius 3 is 2.77 bits per heavy atom. The molecule has 1 aliphatic rings. The van der Waals surface area contributed by atoms with Gasteiger partial charge in [0.2, 0.25) is 0 Å². The molecule has 0 spiro atoms. The van der Waals surface area contributed by atoms with Gasteiger partial charge in [-0.1, -0.05) is 12.1 Å². The summed E-state index contributed by atoms with van der Waals surface area (Å²) in [6.45, 7) is 1.88. The fourth-order valence-electron chi connectivity index (χ4n) is 3.45. The zero-order chi connectivity index (χ0) is 22.4. The number of anilines is 1. The number of hydrogen-bond donors (Lipinski definition) is 1. The fraction of sp³-hybridized carbons (Fsp3) is 0.409. The van der Waals surface area contributed by atoms with E-state index in [2.05, 4.69) is 17.4 Å². The molecule has 1 aromatic carbocycles. The van der Waals surface area contributed by atoms with Gasteiger partial charge in [-0.05, 0) is 48.9 Å². The van der Waals surface area contributed by atoms with Crippen molar-refractivity contribution in [2.24, 2.45) is 11.1 Å². The van der Waals surface area contributed by atoms with Crippen LogP contribution >= 0.6 is 11.3 Å². The number of esters is 1. The number of carbonyl (C=O) groups is 2. The number of carbonyl (C=O) groups excluding carboxylic acids is 2. The van der Waals surface area contributed by atoms with Crippen molar-refractivity contribution in [3.63, 3.8) is 0 Å². The van der Waals surface area contributed by atoms with E-state index in [1.54, 1.807) is 32.4 Å². The summed E-state index contributed by atoms with van der Waals surface area (Å²) in [4.78, 5) is 31.0. The van der Waals surface area contributed by atoms with Crippen LogP contribution < -0.4 is 14.8 Å². The van der Waals surface area contributed by atoms with Crippen LogP contribution in [0.3, 0.4) is 0 Å². The van der Waals surface area contributed by atoms with E-state index in [0.717, 1.165) is 29.7 Å². The maximum absolute atomic E-state index is 12.4. The first-order chi connectivity index (χ1) is 15.0. The lowest BCUT2D eigenvalue weighted by molar-refractivity contribution is -0.120. The minimum absolute atomic E-state index is 0.303. The maximum atomic E-state index is 12.4. The van der Waals surface area contributed by atoms with Crippen LogP contribution in [0.25, 0.3) is 0 Å². The minimum atomic E-state index is -0.439. The highest BCUT2D eigenvalue weighted by Gasteiger charge is 2.28. The number of nitrogens with zero attached hydrogens (tertiary/aromatic N) is 1. The molecule has 1 N–H and O–H groups in total. The van der Waals surface area contributed by atoms with Crippen molar-refractivity contribution in [1.82, 2.24) is 0 Å². The van der Waals surface area contributed by atoms with E-state index in [9.17, 15) is 9.59 Å². The highest BCUT2D eigenvalue weighted by molar-refractivity contribution is 7.17. The first-order valence-corrected chi connectivity index (χ1v) is 10.7. The summed E-state index contributed by atoms with van der Waals surface area (Å²) in [5, 5.41) is 7.12. The van der Waals surface area contributed by atoms with Crippen LogP contribution in [0, 0.1) is 5.92 Å². The molecule has 8 nitrogen and oxygen atoms in total. The number of benzene rings is 1. The average Bonchev–Trinajstić information content (AvgIpc) is 3.12. The van der Waals surface area contributed by atoms with E-state index in [0.29, 0.717) is 33.5 Å². The largest absolute Gasteiger partial charge is 0.497 e. The zero-order valence-electron chi connectivity index (χ0n) is 18.0. The van der Waals surface area contributed by atoms with Crippen LogP contribution in [-0.4, -0.2) is 46.0 Å². The summed E-state index contributed by atoms with van der Waals surface area (Å²) in [5.41, 5.74) is 2.08. The molecule has 1 amide bonds. The number of thiophene rings is 1. The molecule has 0 bridgehead atoms. The zero-order valence-corrected chi connectivity index (χ0v) is 18.8. The van der Waals surface area contributed by atoms with Gasteiger partial charge in [0.15, 0.2) is 6.61 Å². The Labute approximate surface area is 185 Å². The molecule has 2 aromatic rings. The van der Waals surface area contributed by atoms with Crippen LogP contribution in [0.2, 0.25) is 0 Å². The first kappa shape index (κ1) is 22.6. The van der Waals surface area contributed by atoms with E-state index in [-0.39, 0.29) is 6.61 Å². The number of oxime groups is 1. The smallest absolute Gasteiger partial charge is 0.341 e. The summed E-state index contributed by atoms with van der Waals surface area (Å²) < 4.78 is 15.4. The van der Waals surface area contributed by atoms with E-state index >= 15 is 0 Å². The van der Waals surface area contributed by atoms with Crippen molar-refractivity contribution >= 4 is 34.4 Å². The lowest BCUT2D eigenvalue weighted by Gasteiger charge is -2.18. The molecular formula is C22H26N2O6S. The molecule has 1 aromatic heterocycles. The second-order valence-electron chi connectivity index (χ2n) is 7.21. The number of amides is 1. The van der Waals surface area contributed by atoms with Crippen molar-refractivity contribution < 1.29 is 28.6 Å². The van der Waals surface area contributed by atoms with Crippen LogP contribution in [0.5, 0.6) is 11.5 Å². The molecule has 1 aliphatic carbocycles. The Morgan fingerprint density at radius 1 is 1.26 bits per heavy atom. The van der Waals surface area contributed by atoms with Crippen LogP contribution in [0.15, 0.2) is 23.4 Å². The number of nitrogens with one attached hydrogen (secondary N) is 1. The average molecular weight is 447 g/mol. The van der Waals surface area contributed by atoms with Gasteiger partial charge in [0, 0.05) is 10.4 Å². The van der Waals surface area contributed by atoms with E-state index in [1.807, 2.05) is 0 Å². The third-order valence-electron chi connectivity index (χ3n) is 5.05. The predicted molar refractivity (Wildman–Crippen MR) is 119 cm³/mol. The molecule has 166 valence electrons. The Hall–Kier alpha value is -3.07. The van der Waals surface area contributed by atoms with Gasteiger partial charge in [0.1, 0.15) is 16.5 Å². The number of methoxy groups -OCH3 is 3. The fourth-order valence-corrected chi connectivity index (χ4v) is 4.86. The molecule has 0 saturated heterocycles. The summed E-state index contributed by atoms with van der Waals surface area (Å²) >= 11 is 1.43. The molecule has 0 saturated carbocycles. The van der Waals surface area contributed by atoms with Gasteiger partial charge in [-0.25, -0.2) is 4.79 Å². The van der Waals surface area contributed by atoms with Gasteiger partial charge in [0.05, 0.1) is 33.1 Å². The number of ether oxygens (including phenoxy) is 3. The standard InChI is InChI=1S/C22H26N2O6S/c1-13-5-7-16-18(9-13)31-21(20(16)22(26)29-4)24-19(25)12-30-23-11-14-10-15(27-2)6-8-17(14)28-3/h6,8,10-11,13H,5,7,9,12H2,1-4H3,(H,24,25)/b23-11+. The van der Waals surface area contributed by atoms with Gasteiger partial charge in [-0.15, -0.1) is 11.3 Å². The van der Waals surface area contributed by atoms with Crippen molar-refractivity contribution in [1.29, 1.82) is 0 Å².